The number of carbonyl (C=O) groups is 2. The Labute approximate surface area is 143 Å². The van der Waals surface area contributed by atoms with E-state index < -0.39 is 17.9 Å². The van der Waals surface area contributed by atoms with E-state index in [2.05, 4.69) is 20.5 Å². The molecule has 0 saturated carbocycles. The molecule has 3 aromatic heterocycles. The molecule has 0 spiro atoms. The van der Waals surface area contributed by atoms with Gasteiger partial charge in [0.2, 0.25) is 0 Å². The number of likely N-dealkylation sites (N-methyl/N-ethyl adjacent to an activating group) is 1. The predicted octanol–water partition coefficient (Wildman–Crippen LogP) is 0.896. The molecule has 1 atom stereocenters. The summed E-state index contributed by atoms with van der Waals surface area (Å²) in [5.41, 5.74) is 1.16. The number of aromatic nitrogens is 5. The molecule has 0 saturated heterocycles. The Balaban J connectivity index is 1.99. The number of carbonyl (C=O) groups excluding carboxylic acids is 2. The number of fused-ring (bicyclic) bond motifs is 1. The van der Waals surface area contributed by atoms with E-state index in [0.717, 1.165) is 0 Å². The Morgan fingerprint density at radius 3 is 2.88 bits per heavy atom. The van der Waals surface area contributed by atoms with E-state index in [9.17, 15) is 9.59 Å². The first-order valence-corrected chi connectivity index (χ1v) is 7.64. The molecule has 0 aliphatic carbocycles. The SMILES string of the molecule is CCOC(=O)C(c1cccnc1)N(C)C(=O)c1cccn2nnnc12. The third kappa shape index (κ3) is 3.16. The van der Waals surface area contributed by atoms with Gasteiger partial charge in [-0.2, -0.15) is 4.52 Å². The lowest BCUT2D eigenvalue weighted by Crippen LogP contribution is -2.37. The van der Waals surface area contributed by atoms with Gasteiger partial charge in [0.05, 0.1) is 12.2 Å². The normalized spacial score (nSPS) is 11.9. The van der Waals surface area contributed by atoms with Crippen LogP contribution in [-0.2, 0) is 9.53 Å². The van der Waals surface area contributed by atoms with E-state index in [1.54, 1.807) is 43.6 Å². The van der Waals surface area contributed by atoms with Crippen LogP contribution >= 0.6 is 0 Å². The predicted molar refractivity (Wildman–Crippen MR) is 86.5 cm³/mol. The molecule has 25 heavy (non-hydrogen) atoms. The number of nitrogens with zero attached hydrogens (tertiary/aromatic N) is 6. The molecule has 128 valence electrons. The van der Waals surface area contributed by atoms with Gasteiger partial charge in [-0.25, -0.2) is 4.79 Å². The number of amides is 1. The van der Waals surface area contributed by atoms with E-state index in [4.69, 9.17) is 4.74 Å². The molecule has 3 aromatic rings. The molecule has 3 rings (SSSR count). The highest BCUT2D eigenvalue weighted by atomic mass is 16.5. The van der Waals surface area contributed by atoms with Gasteiger partial charge in [-0.15, -0.1) is 5.10 Å². The Morgan fingerprint density at radius 2 is 2.16 bits per heavy atom. The van der Waals surface area contributed by atoms with E-state index in [1.807, 2.05) is 0 Å². The molecule has 0 N–H and O–H groups in total. The molecule has 1 amide bonds. The van der Waals surface area contributed by atoms with Crippen molar-refractivity contribution in [2.45, 2.75) is 13.0 Å². The van der Waals surface area contributed by atoms with Gasteiger partial charge in [0.15, 0.2) is 11.7 Å². The largest absolute Gasteiger partial charge is 0.464 e. The number of hydrogen-bond acceptors (Lipinski definition) is 7. The fourth-order valence-electron chi connectivity index (χ4n) is 2.52. The fraction of sp³-hybridized carbons (Fsp3) is 0.250. The van der Waals surface area contributed by atoms with Gasteiger partial charge >= 0.3 is 5.97 Å². The summed E-state index contributed by atoms with van der Waals surface area (Å²) in [5.74, 6) is -0.930. The van der Waals surface area contributed by atoms with Crippen LogP contribution < -0.4 is 0 Å². The van der Waals surface area contributed by atoms with E-state index in [-0.39, 0.29) is 12.2 Å². The smallest absolute Gasteiger partial charge is 0.333 e. The molecule has 0 radical (unpaired) electrons. The number of hydrogen-bond donors (Lipinski definition) is 0. The first-order chi connectivity index (χ1) is 12.1. The molecule has 0 bridgehead atoms. The van der Waals surface area contributed by atoms with Crippen LogP contribution in [0.1, 0.15) is 28.9 Å². The average molecular weight is 340 g/mol. The van der Waals surface area contributed by atoms with Crippen molar-refractivity contribution >= 4 is 17.5 Å². The van der Waals surface area contributed by atoms with Gasteiger partial charge < -0.3 is 9.64 Å². The molecule has 3 heterocycles. The Kier molecular flexibility index (Phi) is 4.64. The molecule has 0 fully saturated rings. The van der Waals surface area contributed by atoms with Crippen molar-refractivity contribution < 1.29 is 14.3 Å². The van der Waals surface area contributed by atoms with Crippen LogP contribution in [0.3, 0.4) is 0 Å². The van der Waals surface area contributed by atoms with Crippen molar-refractivity contribution in [3.05, 3.63) is 54.0 Å². The van der Waals surface area contributed by atoms with Crippen LogP contribution in [0, 0.1) is 0 Å². The van der Waals surface area contributed by atoms with Gasteiger partial charge in [-0.3, -0.25) is 9.78 Å². The second kappa shape index (κ2) is 7.04. The van der Waals surface area contributed by atoms with Crippen molar-refractivity contribution in [3.8, 4) is 0 Å². The van der Waals surface area contributed by atoms with Gasteiger partial charge in [0, 0.05) is 31.2 Å². The number of pyridine rings is 2. The van der Waals surface area contributed by atoms with Crippen LogP contribution in [0.25, 0.3) is 5.65 Å². The first kappa shape index (κ1) is 16.5. The Bertz CT molecular complexity index is 895. The third-order valence-corrected chi connectivity index (χ3v) is 3.67. The number of ether oxygens (including phenoxy) is 1. The van der Waals surface area contributed by atoms with E-state index >= 15 is 0 Å². The van der Waals surface area contributed by atoms with Gasteiger partial charge in [0.1, 0.15) is 0 Å². The average Bonchev–Trinajstić information content (AvgIpc) is 3.11. The molecule has 9 heteroatoms. The van der Waals surface area contributed by atoms with Crippen molar-refractivity contribution in [1.82, 2.24) is 29.9 Å². The zero-order valence-electron chi connectivity index (χ0n) is 13.7. The van der Waals surface area contributed by atoms with Crippen molar-refractivity contribution in [2.75, 3.05) is 13.7 Å². The number of tetrazole rings is 1. The summed E-state index contributed by atoms with van der Waals surface area (Å²) in [6, 6.07) is 5.77. The maximum absolute atomic E-state index is 13.0. The van der Waals surface area contributed by atoms with Gasteiger partial charge in [0.25, 0.3) is 5.91 Å². The highest BCUT2D eigenvalue weighted by Gasteiger charge is 2.31. The number of esters is 1. The minimum atomic E-state index is -0.919. The quantitative estimate of drug-likeness (QED) is 0.636. The highest BCUT2D eigenvalue weighted by Crippen LogP contribution is 2.23. The molecule has 1 unspecified atom stereocenters. The summed E-state index contributed by atoms with van der Waals surface area (Å²) in [5, 5.41) is 11.2. The fourth-order valence-corrected chi connectivity index (χ4v) is 2.52. The summed E-state index contributed by atoms with van der Waals surface area (Å²) in [6.07, 6.45) is 4.76. The summed E-state index contributed by atoms with van der Waals surface area (Å²) < 4.78 is 6.53. The monoisotopic (exact) mass is 340 g/mol. The second-order valence-electron chi connectivity index (χ2n) is 5.23. The van der Waals surface area contributed by atoms with Crippen LogP contribution in [0.5, 0.6) is 0 Å². The van der Waals surface area contributed by atoms with Crippen LogP contribution in [0.15, 0.2) is 42.9 Å². The zero-order valence-corrected chi connectivity index (χ0v) is 13.7. The first-order valence-electron chi connectivity index (χ1n) is 7.64. The number of rotatable bonds is 5. The van der Waals surface area contributed by atoms with Crippen molar-refractivity contribution in [3.63, 3.8) is 0 Å². The van der Waals surface area contributed by atoms with E-state index in [0.29, 0.717) is 11.2 Å². The molecule has 0 aliphatic heterocycles. The summed E-state index contributed by atoms with van der Waals surface area (Å²) in [7, 11) is 1.53. The molecule has 9 nitrogen and oxygen atoms in total. The lowest BCUT2D eigenvalue weighted by Gasteiger charge is -2.26. The van der Waals surface area contributed by atoms with E-state index in [1.165, 1.54) is 22.7 Å². The highest BCUT2D eigenvalue weighted by molar-refractivity contribution is 6.01. The topological polar surface area (TPSA) is 103 Å². The van der Waals surface area contributed by atoms with Crippen LogP contribution in [0.4, 0.5) is 0 Å². The maximum atomic E-state index is 13.0. The minimum absolute atomic E-state index is 0.210. The third-order valence-electron chi connectivity index (χ3n) is 3.67. The minimum Gasteiger partial charge on any atom is -0.464 e. The molecular formula is C16H16N6O3. The maximum Gasteiger partial charge on any atom is 0.333 e. The van der Waals surface area contributed by atoms with Crippen molar-refractivity contribution in [1.29, 1.82) is 0 Å². The van der Waals surface area contributed by atoms with Crippen LogP contribution in [-0.4, -0.2) is 55.5 Å². The molecule has 0 aliphatic rings. The summed E-state index contributed by atoms with van der Waals surface area (Å²) in [6.45, 7) is 1.92. The summed E-state index contributed by atoms with van der Waals surface area (Å²) >= 11 is 0. The summed E-state index contributed by atoms with van der Waals surface area (Å²) in [4.78, 5) is 30.7. The Morgan fingerprint density at radius 1 is 1.32 bits per heavy atom. The molecule has 0 aromatic carbocycles. The Hall–Kier alpha value is -3.36. The second-order valence-corrected chi connectivity index (χ2v) is 5.23. The lowest BCUT2D eigenvalue weighted by atomic mass is 10.1. The van der Waals surface area contributed by atoms with Crippen molar-refractivity contribution in [2.24, 2.45) is 0 Å². The zero-order chi connectivity index (χ0) is 17.8. The molecular weight excluding hydrogens is 324 g/mol. The van der Waals surface area contributed by atoms with Crippen LogP contribution in [0.2, 0.25) is 0 Å². The van der Waals surface area contributed by atoms with Gasteiger partial charge in [-0.05, 0) is 35.5 Å². The lowest BCUT2D eigenvalue weighted by molar-refractivity contribution is -0.148. The van der Waals surface area contributed by atoms with Gasteiger partial charge in [-0.1, -0.05) is 6.07 Å². The standard InChI is InChI=1S/C16H16N6O3/c1-3-25-16(24)13(11-6-4-8-17-10-11)21(2)15(23)12-7-5-9-22-14(12)18-19-20-22/h4-10,13H,3H2,1-2H3.